The van der Waals surface area contributed by atoms with E-state index in [1.165, 1.54) is 18.2 Å². The number of fused-ring (bicyclic) bond motifs is 2. The molecule has 45 heavy (non-hydrogen) atoms. The highest BCUT2D eigenvalue weighted by Crippen LogP contribution is 2.28. The number of nitrogen functional groups attached to an aromatic ring is 3. The molecule has 0 aliphatic carbocycles. The summed E-state index contributed by atoms with van der Waals surface area (Å²) in [4.78, 5) is 52.1. The van der Waals surface area contributed by atoms with Gasteiger partial charge in [-0.2, -0.15) is 9.97 Å². The van der Waals surface area contributed by atoms with E-state index in [1.807, 2.05) is 60.7 Å². The van der Waals surface area contributed by atoms with Gasteiger partial charge in [-0.1, -0.05) is 60.7 Å². The number of nitrogens with zero attached hydrogens (tertiary/aromatic N) is 6. The number of benzene rings is 3. The van der Waals surface area contributed by atoms with Gasteiger partial charge in [0.05, 0.1) is 22.9 Å². The van der Waals surface area contributed by atoms with Crippen molar-refractivity contribution in [2.75, 3.05) is 35.6 Å². The average Bonchev–Trinajstić information content (AvgIpc) is 3.19. The van der Waals surface area contributed by atoms with Crippen LogP contribution in [0.25, 0.3) is 22.4 Å². The molecule has 1 amide bonds. The Balaban J connectivity index is 0.000000179. The zero-order chi connectivity index (χ0) is 32.5. The molecule has 0 fully saturated rings. The van der Waals surface area contributed by atoms with E-state index in [1.54, 1.807) is 0 Å². The largest absolute Gasteiger partial charge is 0.480 e. The molecule has 0 saturated heterocycles. The fourth-order valence-electron chi connectivity index (χ4n) is 4.03. The van der Waals surface area contributed by atoms with Gasteiger partial charge in [0.1, 0.15) is 12.2 Å². The standard InChI is InChI=1S/C15H11N3O3.C12H11N7.C2H5NO2/c19-14-9-16-15(10-4-2-1-3-5-10)12-8-11(18(20)21)6-7-13(12)17-14;13-9-7(6-4-2-1-3-5-6)16-8-10(14)18-12(15)19-11(8)17-9;3-1-2(4)5/h1-8H,9H2,(H,17,19);1-5H,(H6,13,14,15,17,18,19);1,3H2,(H,4,5). The number of nitro benzene ring substituents is 1. The number of nitrogens with two attached hydrogens (primary N) is 4. The molecule has 1 aliphatic rings. The lowest BCUT2D eigenvalue weighted by atomic mass is 10.00. The first-order valence-electron chi connectivity index (χ1n) is 13.1. The number of benzodiazepines with no additional fused rings is 1. The molecule has 0 bridgehead atoms. The molecule has 6 rings (SSSR count). The highest BCUT2D eigenvalue weighted by atomic mass is 16.6. The third kappa shape index (κ3) is 7.85. The van der Waals surface area contributed by atoms with Gasteiger partial charge in [-0.05, 0) is 6.07 Å². The second-order valence-corrected chi connectivity index (χ2v) is 9.13. The summed E-state index contributed by atoms with van der Waals surface area (Å²) in [6.07, 6.45) is 0. The molecule has 0 radical (unpaired) electrons. The smallest absolute Gasteiger partial charge is 0.317 e. The fourth-order valence-corrected chi connectivity index (χ4v) is 4.03. The number of nitrogens with one attached hydrogen (secondary N) is 1. The van der Waals surface area contributed by atoms with Crippen LogP contribution in [0, 0.1) is 10.1 Å². The molecule has 5 aromatic rings. The maximum absolute atomic E-state index is 11.7. The summed E-state index contributed by atoms with van der Waals surface area (Å²) in [5.41, 5.74) is 26.3. The Kier molecular flexibility index (Phi) is 9.82. The van der Waals surface area contributed by atoms with Gasteiger partial charge in [-0.25, -0.2) is 9.97 Å². The van der Waals surface area contributed by atoms with E-state index < -0.39 is 10.9 Å². The third-order valence-corrected chi connectivity index (χ3v) is 6.00. The minimum Gasteiger partial charge on any atom is -0.480 e. The quantitative estimate of drug-likeness (QED) is 0.126. The SMILES string of the molecule is NCC(=O)O.Nc1nc(N)c2nc(-c3ccccc3)c(N)nc2n1.O=C1CN=C(c2ccccc2)c2cc([N+](=O)[O-])ccc2N1. The molecule has 3 aromatic carbocycles. The number of aromatic nitrogens is 4. The second kappa shape index (κ2) is 14.1. The first-order chi connectivity index (χ1) is 21.6. The van der Waals surface area contributed by atoms with E-state index in [2.05, 4.69) is 36.0 Å². The summed E-state index contributed by atoms with van der Waals surface area (Å²) in [5.74, 6) is -0.699. The monoisotopic (exact) mass is 609 g/mol. The number of carboxylic acids is 1. The maximum atomic E-state index is 11.7. The number of non-ortho nitro benzene ring substituents is 1. The van der Waals surface area contributed by atoms with E-state index in [9.17, 15) is 19.7 Å². The van der Waals surface area contributed by atoms with E-state index in [0.717, 1.165) is 11.1 Å². The second-order valence-electron chi connectivity index (χ2n) is 9.13. The first kappa shape index (κ1) is 31.4. The number of carbonyl (C=O) groups excluding carboxylic acids is 1. The molecule has 2 aromatic heterocycles. The minimum atomic E-state index is -0.968. The van der Waals surface area contributed by atoms with Gasteiger partial charge >= 0.3 is 5.97 Å². The summed E-state index contributed by atoms with van der Waals surface area (Å²) < 4.78 is 0. The van der Waals surface area contributed by atoms with Crippen molar-refractivity contribution in [3.63, 3.8) is 0 Å². The van der Waals surface area contributed by atoms with Crippen molar-refractivity contribution in [2.24, 2.45) is 10.7 Å². The van der Waals surface area contributed by atoms with Crippen molar-refractivity contribution in [3.05, 3.63) is 100 Å². The summed E-state index contributed by atoms with van der Waals surface area (Å²) >= 11 is 0. The predicted octanol–water partition coefficient (Wildman–Crippen LogP) is 2.25. The van der Waals surface area contributed by atoms with Crippen molar-refractivity contribution < 1.29 is 19.6 Å². The lowest BCUT2D eigenvalue weighted by Crippen LogP contribution is -2.13. The highest BCUT2D eigenvalue weighted by molar-refractivity contribution is 6.19. The van der Waals surface area contributed by atoms with Crippen molar-refractivity contribution in [1.82, 2.24) is 19.9 Å². The normalized spacial score (nSPS) is 11.8. The van der Waals surface area contributed by atoms with Gasteiger partial charge < -0.3 is 33.4 Å². The highest BCUT2D eigenvalue weighted by Gasteiger charge is 2.21. The molecular formula is C29H27N11O5. The number of carbonyl (C=O) groups is 2. The summed E-state index contributed by atoms with van der Waals surface area (Å²) in [5, 5.41) is 21.3. The van der Waals surface area contributed by atoms with Gasteiger partial charge in [0.25, 0.3) is 5.69 Å². The molecule has 16 heteroatoms. The summed E-state index contributed by atoms with van der Waals surface area (Å²) in [7, 11) is 0. The number of aliphatic imine (C=N–C) groups is 1. The van der Waals surface area contributed by atoms with Crippen LogP contribution in [0.4, 0.5) is 29.0 Å². The van der Waals surface area contributed by atoms with Gasteiger partial charge in [-0.3, -0.25) is 24.7 Å². The third-order valence-electron chi connectivity index (χ3n) is 6.00. The number of hydrogen-bond acceptors (Lipinski definition) is 13. The Morgan fingerprint density at radius 3 is 2.11 bits per heavy atom. The number of amides is 1. The molecule has 0 unspecified atom stereocenters. The number of nitro groups is 1. The lowest BCUT2D eigenvalue weighted by molar-refractivity contribution is -0.384. The van der Waals surface area contributed by atoms with Gasteiger partial charge in [-0.15, -0.1) is 0 Å². The number of rotatable bonds is 4. The van der Waals surface area contributed by atoms with E-state index in [0.29, 0.717) is 33.8 Å². The van der Waals surface area contributed by atoms with Crippen molar-refractivity contribution in [1.29, 1.82) is 0 Å². The van der Waals surface area contributed by atoms with Crippen LogP contribution in [-0.4, -0.2) is 60.6 Å². The Morgan fingerprint density at radius 2 is 1.51 bits per heavy atom. The molecule has 0 saturated carbocycles. The van der Waals surface area contributed by atoms with Crippen LogP contribution in [0.2, 0.25) is 0 Å². The topological polar surface area (TPSA) is 278 Å². The fraction of sp³-hybridized carbons (Fsp3) is 0.0690. The van der Waals surface area contributed by atoms with Crippen LogP contribution in [-0.2, 0) is 9.59 Å². The Labute approximate surface area is 255 Å². The van der Waals surface area contributed by atoms with Crippen molar-refractivity contribution in [3.8, 4) is 11.3 Å². The molecule has 0 spiro atoms. The Bertz CT molecular complexity index is 1900. The summed E-state index contributed by atoms with van der Waals surface area (Å²) in [6.45, 7) is -0.285. The molecule has 0 atom stereocenters. The Morgan fingerprint density at radius 1 is 0.889 bits per heavy atom. The van der Waals surface area contributed by atoms with Crippen LogP contribution in [0.3, 0.4) is 0 Å². The maximum Gasteiger partial charge on any atom is 0.317 e. The molecule has 3 heterocycles. The van der Waals surface area contributed by atoms with Crippen LogP contribution < -0.4 is 28.3 Å². The van der Waals surface area contributed by atoms with Crippen LogP contribution in [0.1, 0.15) is 11.1 Å². The van der Waals surface area contributed by atoms with Gasteiger partial charge in [0.15, 0.2) is 22.8 Å². The van der Waals surface area contributed by atoms with Gasteiger partial charge in [0.2, 0.25) is 11.9 Å². The predicted molar refractivity (Wildman–Crippen MR) is 169 cm³/mol. The lowest BCUT2D eigenvalue weighted by Gasteiger charge is -2.09. The van der Waals surface area contributed by atoms with Crippen molar-refractivity contribution >= 4 is 57.7 Å². The molecule has 16 nitrogen and oxygen atoms in total. The van der Waals surface area contributed by atoms with Crippen LogP contribution in [0.15, 0.2) is 83.9 Å². The van der Waals surface area contributed by atoms with Gasteiger partial charge in [0, 0.05) is 28.8 Å². The average molecular weight is 610 g/mol. The van der Waals surface area contributed by atoms with E-state index >= 15 is 0 Å². The zero-order valence-electron chi connectivity index (χ0n) is 23.5. The molecule has 1 aliphatic heterocycles. The first-order valence-corrected chi connectivity index (χ1v) is 13.1. The number of hydrogen-bond donors (Lipinski definition) is 6. The number of anilines is 4. The molecule has 10 N–H and O–H groups in total. The van der Waals surface area contributed by atoms with Crippen molar-refractivity contribution in [2.45, 2.75) is 0 Å². The molecule has 228 valence electrons. The van der Waals surface area contributed by atoms with E-state index in [-0.39, 0.29) is 42.3 Å². The Hall–Kier alpha value is -6.55. The number of carboxylic acid groups (broad SMARTS) is 1. The van der Waals surface area contributed by atoms with Crippen LogP contribution in [0.5, 0.6) is 0 Å². The van der Waals surface area contributed by atoms with E-state index in [4.69, 9.17) is 22.3 Å². The van der Waals surface area contributed by atoms with Crippen LogP contribution >= 0.6 is 0 Å². The number of aliphatic carboxylic acids is 1. The minimum absolute atomic E-state index is 0.00724. The molecular weight excluding hydrogens is 582 g/mol. The zero-order valence-corrected chi connectivity index (χ0v) is 23.5. The summed E-state index contributed by atoms with van der Waals surface area (Å²) in [6, 6.07) is 23.1.